The number of ether oxygens (including phenoxy) is 3. The summed E-state index contributed by atoms with van der Waals surface area (Å²) in [5, 5.41) is 0. The first kappa shape index (κ1) is 15.1. The molecule has 1 rings (SSSR count). The molecule has 106 valence electrons. The van der Waals surface area contributed by atoms with Gasteiger partial charge in [-0.1, -0.05) is 0 Å². The van der Waals surface area contributed by atoms with Crippen molar-refractivity contribution in [2.24, 2.45) is 0 Å². The van der Waals surface area contributed by atoms with E-state index in [1.165, 1.54) is 6.92 Å². The van der Waals surface area contributed by atoms with Gasteiger partial charge in [0.2, 0.25) is 0 Å². The van der Waals surface area contributed by atoms with E-state index in [9.17, 15) is 18.0 Å². The van der Waals surface area contributed by atoms with Gasteiger partial charge in [0, 0.05) is 0 Å². The average Bonchev–Trinajstić information content (AvgIpc) is 2.30. The quantitative estimate of drug-likeness (QED) is 0.792. The number of carbonyl (C=O) groups is 1. The lowest BCUT2D eigenvalue weighted by Gasteiger charge is -2.14. The monoisotopic (exact) mass is 279 g/mol. The summed E-state index contributed by atoms with van der Waals surface area (Å²) < 4.78 is 49.9. The fourth-order valence-electron chi connectivity index (χ4n) is 1.32. The number of alkyl halides is 3. The number of halogens is 3. The predicted molar refractivity (Wildman–Crippen MR) is 58.2 cm³/mol. The number of hydrogen-bond acceptors (Lipinski definition) is 5. The molecular formula is C11H12F3NO4. The lowest BCUT2D eigenvalue weighted by Crippen LogP contribution is -2.19. The molecule has 0 aliphatic carbocycles. The van der Waals surface area contributed by atoms with E-state index in [1.807, 2.05) is 0 Å². The average molecular weight is 279 g/mol. The standard InChI is InChI=1S/C11H12F3NO4/c1-4-18-10(16)7-5-6(2)8(9(15-7)17-3)19-11(12,13)14/h5H,4H2,1-3H3. The molecule has 5 nitrogen and oxygen atoms in total. The van der Waals surface area contributed by atoms with Crippen LogP contribution in [0, 0.1) is 6.92 Å². The van der Waals surface area contributed by atoms with E-state index in [0.29, 0.717) is 0 Å². The first-order valence-corrected chi connectivity index (χ1v) is 5.27. The van der Waals surface area contributed by atoms with Gasteiger partial charge in [0.1, 0.15) is 0 Å². The van der Waals surface area contributed by atoms with Crippen molar-refractivity contribution in [1.29, 1.82) is 0 Å². The molecule has 0 N–H and O–H groups in total. The van der Waals surface area contributed by atoms with Crippen LogP contribution in [0.5, 0.6) is 11.6 Å². The van der Waals surface area contributed by atoms with Crippen molar-refractivity contribution in [2.45, 2.75) is 20.2 Å². The van der Waals surface area contributed by atoms with Crippen molar-refractivity contribution in [3.8, 4) is 11.6 Å². The first-order chi connectivity index (χ1) is 8.78. The Bertz CT molecular complexity index is 474. The number of carbonyl (C=O) groups excluding carboxylic acids is 1. The van der Waals surface area contributed by atoms with Crippen molar-refractivity contribution >= 4 is 5.97 Å². The lowest BCUT2D eigenvalue weighted by molar-refractivity contribution is -0.275. The molecule has 0 aromatic carbocycles. The van der Waals surface area contributed by atoms with E-state index in [2.05, 4.69) is 9.72 Å². The highest BCUT2D eigenvalue weighted by Crippen LogP contribution is 2.34. The minimum absolute atomic E-state index is 0.0622. The number of hydrogen-bond donors (Lipinski definition) is 0. The molecule has 0 aliphatic rings. The van der Waals surface area contributed by atoms with E-state index in [-0.39, 0.29) is 17.9 Å². The number of aromatic nitrogens is 1. The van der Waals surface area contributed by atoms with Gasteiger partial charge in [0.05, 0.1) is 13.7 Å². The van der Waals surface area contributed by atoms with Crippen LogP contribution in [0.4, 0.5) is 13.2 Å². The molecule has 0 spiro atoms. The number of rotatable bonds is 4. The van der Waals surface area contributed by atoms with Crippen LogP contribution in [0.2, 0.25) is 0 Å². The van der Waals surface area contributed by atoms with Crippen molar-refractivity contribution in [2.75, 3.05) is 13.7 Å². The van der Waals surface area contributed by atoms with E-state index in [4.69, 9.17) is 9.47 Å². The van der Waals surface area contributed by atoms with E-state index in [1.54, 1.807) is 6.92 Å². The van der Waals surface area contributed by atoms with Crippen LogP contribution in [0.1, 0.15) is 23.0 Å². The highest BCUT2D eigenvalue weighted by Gasteiger charge is 2.34. The SMILES string of the molecule is CCOC(=O)c1cc(C)c(OC(F)(F)F)c(OC)n1. The van der Waals surface area contributed by atoms with Crippen LogP contribution in [0.25, 0.3) is 0 Å². The van der Waals surface area contributed by atoms with Crippen molar-refractivity contribution < 1.29 is 32.2 Å². The van der Waals surface area contributed by atoms with Crippen LogP contribution in [0.3, 0.4) is 0 Å². The summed E-state index contributed by atoms with van der Waals surface area (Å²) in [4.78, 5) is 15.1. The number of methoxy groups -OCH3 is 1. The van der Waals surface area contributed by atoms with Gasteiger partial charge in [-0.05, 0) is 25.5 Å². The molecule has 0 saturated heterocycles. The van der Waals surface area contributed by atoms with Gasteiger partial charge in [-0.15, -0.1) is 13.2 Å². The second-order valence-electron chi connectivity index (χ2n) is 3.43. The van der Waals surface area contributed by atoms with Gasteiger partial charge < -0.3 is 14.2 Å². The summed E-state index contributed by atoms with van der Waals surface area (Å²) in [6.45, 7) is 3.07. The van der Waals surface area contributed by atoms with Crippen molar-refractivity contribution in [3.63, 3.8) is 0 Å². The van der Waals surface area contributed by atoms with Crippen molar-refractivity contribution in [3.05, 3.63) is 17.3 Å². The third kappa shape index (κ3) is 4.01. The lowest BCUT2D eigenvalue weighted by atomic mass is 10.2. The summed E-state index contributed by atoms with van der Waals surface area (Å²) in [6, 6.07) is 1.14. The van der Waals surface area contributed by atoms with Gasteiger partial charge in [-0.2, -0.15) is 0 Å². The molecule has 0 atom stereocenters. The Kier molecular flexibility index (Phi) is 4.57. The molecule has 1 aromatic heterocycles. The number of esters is 1. The summed E-state index contributed by atoms with van der Waals surface area (Å²) in [5.41, 5.74) is -0.0852. The molecule has 0 radical (unpaired) electrons. The molecule has 1 aromatic rings. The molecular weight excluding hydrogens is 267 g/mol. The molecule has 1 heterocycles. The van der Waals surface area contributed by atoms with E-state index >= 15 is 0 Å². The molecule has 0 saturated carbocycles. The Morgan fingerprint density at radius 2 is 2.05 bits per heavy atom. The van der Waals surface area contributed by atoms with E-state index < -0.39 is 24.0 Å². The van der Waals surface area contributed by atoms with Crippen molar-refractivity contribution in [1.82, 2.24) is 4.98 Å². The molecule has 0 aliphatic heterocycles. The Morgan fingerprint density at radius 3 is 2.53 bits per heavy atom. The zero-order valence-electron chi connectivity index (χ0n) is 10.5. The Hall–Kier alpha value is -1.99. The highest BCUT2D eigenvalue weighted by molar-refractivity contribution is 5.88. The second kappa shape index (κ2) is 5.77. The number of nitrogens with zero attached hydrogens (tertiary/aromatic N) is 1. The third-order valence-corrected chi connectivity index (χ3v) is 2.02. The second-order valence-corrected chi connectivity index (χ2v) is 3.43. The summed E-state index contributed by atoms with van der Waals surface area (Å²) in [5.74, 6) is -1.76. The molecule has 8 heteroatoms. The summed E-state index contributed by atoms with van der Waals surface area (Å²) in [6.07, 6.45) is -4.87. The third-order valence-electron chi connectivity index (χ3n) is 2.02. The van der Waals surface area contributed by atoms with Crippen LogP contribution in [-0.4, -0.2) is 31.0 Å². The zero-order chi connectivity index (χ0) is 14.6. The molecule has 0 bridgehead atoms. The highest BCUT2D eigenvalue weighted by atomic mass is 19.4. The molecule has 19 heavy (non-hydrogen) atoms. The van der Waals surface area contributed by atoms with E-state index in [0.717, 1.165) is 13.2 Å². The summed E-state index contributed by atoms with van der Waals surface area (Å²) >= 11 is 0. The Balaban J connectivity index is 3.18. The maximum absolute atomic E-state index is 12.2. The maximum atomic E-state index is 12.2. The Morgan fingerprint density at radius 1 is 1.42 bits per heavy atom. The largest absolute Gasteiger partial charge is 0.573 e. The van der Waals surface area contributed by atoms with Crippen LogP contribution in [0.15, 0.2) is 6.07 Å². The molecule has 0 amide bonds. The van der Waals surface area contributed by atoms with Gasteiger partial charge in [-0.3, -0.25) is 0 Å². The minimum Gasteiger partial charge on any atom is -0.478 e. The van der Waals surface area contributed by atoms with Crippen LogP contribution < -0.4 is 9.47 Å². The topological polar surface area (TPSA) is 57.7 Å². The van der Waals surface area contributed by atoms with Crippen LogP contribution >= 0.6 is 0 Å². The normalized spacial score (nSPS) is 11.1. The van der Waals surface area contributed by atoms with Gasteiger partial charge in [0.15, 0.2) is 11.4 Å². The number of pyridine rings is 1. The summed E-state index contributed by atoms with van der Waals surface area (Å²) in [7, 11) is 1.12. The van der Waals surface area contributed by atoms with Gasteiger partial charge in [-0.25, -0.2) is 9.78 Å². The Labute approximate surface area is 107 Å². The van der Waals surface area contributed by atoms with Gasteiger partial charge in [0.25, 0.3) is 5.88 Å². The maximum Gasteiger partial charge on any atom is 0.573 e. The zero-order valence-corrected chi connectivity index (χ0v) is 10.5. The predicted octanol–water partition coefficient (Wildman–Crippen LogP) is 2.47. The number of aryl methyl sites for hydroxylation is 1. The molecule has 0 fully saturated rings. The fraction of sp³-hybridized carbons (Fsp3) is 0.455. The fourth-order valence-corrected chi connectivity index (χ4v) is 1.32. The van der Waals surface area contributed by atoms with Crippen LogP contribution in [-0.2, 0) is 4.74 Å². The molecule has 0 unspecified atom stereocenters. The smallest absolute Gasteiger partial charge is 0.478 e. The minimum atomic E-state index is -4.87. The first-order valence-electron chi connectivity index (χ1n) is 5.27. The van der Waals surface area contributed by atoms with Gasteiger partial charge >= 0.3 is 12.3 Å².